The number of hydrogen-bond donors (Lipinski definition) is 2. The second-order valence-corrected chi connectivity index (χ2v) is 6.94. The van der Waals surface area contributed by atoms with E-state index in [0.717, 1.165) is 17.4 Å². The van der Waals surface area contributed by atoms with Crippen LogP contribution >= 0.6 is 44.3 Å². The summed E-state index contributed by atoms with van der Waals surface area (Å²) in [7, 11) is -1.62. The smallest absolute Gasteiger partial charge is 0.241 e. The SMILES string of the molecule is CNCCCNS(=O)(=O)c1cc(Br)ccc1Br.Cl. The van der Waals surface area contributed by atoms with Crippen LogP contribution in [0.15, 0.2) is 32.0 Å². The Labute approximate surface area is 131 Å². The highest BCUT2D eigenvalue weighted by atomic mass is 79.9. The van der Waals surface area contributed by atoms with E-state index in [4.69, 9.17) is 0 Å². The van der Waals surface area contributed by atoms with Gasteiger partial charge in [-0.15, -0.1) is 12.4 Å². The molecule has 0 aliphatic rings. The lowest BCUT2D eigenvalue weighted by molar-refractivity contribution is 0.576. The number of hydrogen-bond acceptors (Lipinski definition) is 3. The van der Waals surface area contributed by atoms with Gasteiger partial charge in [-0.05, 0) is 54.1 Å². The van der Waals surface area contributed by atoms with Crippen LogP contribution < -0.4 is 10.0 Å². The van der Waals surface area contributed by atoms with Gasteiger partial charge in [0.05, 0.1) is 4.90 Å². The quantitative estimate of drug-likeness (QED) is 0.693. The van der Waals surface area contributed by atoms with Crippen LogP contribution in [-0.2, 0) is 10.0 Å². The minimum Gasteiger partial charge on any atom is -0.320 e. The Morgan fingerprint density at radius 1 is 1.22 bits per heavy atom. The van der Waals surface area contributed by atoms with E-state index in [2.05, 4.69) is 41.9 Å². The minimum atomic E-state index is -3.45. The van der Waals surface area contributed by atoms with Gasteiger partial charge in [0.25, 0.3) is 0 Å². The van der Waals surface area contributed by atoms with Crippen molar-refractivity contribution < 1.29 is 8.42 Å². The molecule has 0 bridgehead atoms. The van der Waals surface area contributed by atoms with E-state index in [1.165, 1.54) is 0 Å². The van der Waals surface area contributed by atoms with Crippen molar-refractivity contribution in [2.75, 3.05) is 20.1 Å². The van der Waals surface area contributed by atoms with Crippen molar-refractivity contribution in [3.63, 3.8) is 0 Å². The molecule has 0 aliphatic heterocycles. The predicted octanol–water partition coefficient (Wildman–Crippen LogP) is 2.52. The Balaban J connectivity index is 0.00000289. The van der Waals surface area contributed by atoms with Crippen LogP contribution in [0.4, 0.5) is 0 Å². The van der Waals surface area contributed by atoms with Gasteiger partial charge < -0.3 is 5.32 Å². The first-order valence-electron chi connectivity index (χ1n) is 5.06. The first-order chi connectivity index (χ1) is 7.97. The summed E-state index contributed by atoms with van der Waals surface area (Å²) in [5, 5.41) is 2.96. The third kappa shape index (κ3) is 5.54. The van der Waals surface area contributed by atoms with E-state index in [0.29, 0.717) is 11.0 Å². The van der Waals surface area contributed by atoms with Gasteiger partial charge in [0.1, 0.15) is 0 Å². The van der Waals surface area contributed by atoms with Crippen LogP contribution in [0, 0.1) is 0 Å². The average molecular weight is 423 g/mol. The summed E-state index contributed by atoms with van der Waals surface area (Å²) in [5.74, 6) is 0. The number of halogens is 3. The van der Waals surface area contributed by atoms with Crippen LogP contribution in [0.1, 0.15) is 6.42 Å². The van der Waals surface area contributed by atoms with Crippen molar-refractivity contribution in [2.45, 2.75) is 11.3 Å². The zero-order valence-electron chi connectivity index (χ0n) is 9.74. The van der Waals surface area contributed by atoms with Crippen molar-refractivity contribution in [2.24, 2.45) is 0 Å². The van der Waals surface area contributed by atoms with Crippen LogP contribution in [0.25, 0.3) is 0 Å². The molecule has 0 saturated carbocycles. The summed E-state index contributed by atoms with van der Waals surface area (Å²) >= 11 is 6.50. The van der Waals surface area contributed by atoms with Gasteiger partial charge in [0.15, 0.2) is 0 Å². The Morgan fingerprint density at radius 3 is 2.50 bits per heavy atom. The maximum absolute atomic E-state index is 12.0. The van der Waals surface area contributed by atoms with Crippen LogP contribution in [0.3, 0.4) is 0 Å². The van der Waals surface area contributed by atoms with E-state index < -0.39 is 10.0 Å². The Hall–Kier alpha value is 0.340. The van der Waals surface area contributed by atoms with E-state index in [1.807, 2.05) is 7.05 Å². The molecule has 0 radical (unpaired) electrons. The van der Waals surface area contributed by atoms with E-state index >= 15 is 0 Å². The van der Waals surface area contributed by atoms with Gasteiger partial charge in [-0.2, -0.15) is 0 Å². The molecule has 0 aliphatic carbocycles. The van der Waals surface area contributed by atoms with E-state index in [1.54, 1.807) is 18.2 Å². The van der Waals surface area contributed by atoms with Gasteiger partial charge in [-0.25, -0.2) is 13.1 Å². The molecule has 0 saturated heterocycles. The molecular weight excluding hydrogens is 407 g/mol. The van der Waals surface area contributed by atoms with Crippen LogP contribution in [0.5, 0.6) is 0 Å². The molecule has 0 spiro atoms. The molecule has 0 fully saturated rings. The molecule has 18 heavy (non-hydrogen) atoms. The first-order valence-corrected chi connectivity index (χ1v) is 8.13. The molecule has 0 atom stereocenters. The fraction of sp³-hybridized carbons (Fsp3) is 0.400. The van der Waals surface area contributed by atoms with Crippen molar-refractivity contribution in [1.29, 1.82) is 0 Å². The molecule has 2 N–H and O–H groups in total. The standard InChI is InChI=1S/C10H14Br2N2O2S.ClH/c1-13-5-2-6-14-17(15,16)10-7-8(11)3-4-9(10)12;/h3-4,7,13-14H,2,5-6H2,1H3;1H. The van der Waals surface area contributed by atoms with Crippen molar-refractivity contribution >= 4 is 54.3 Å². The Bertz CT molecular complexity index is 483. The molecule has 0 aromatic heterocycles. The fourth-order valence-electron chi connectivity index (χ4n) is 1.23. The first kappa shape index (κ1) is 18.3. The molecule has 104 valence electrons. The van der Waals surface area contributed by atoms with Crippen molar-refractivity contribution in [3.8, 4) is 0 Å². The number of nitrogens with one attached hydrogen (secondary N) is 2. The highest BCUT2D eigenvalue weighted by molar-refractivity contribution is 9.11. The second kappa shape index (κ2) is 8.50. The third-order valence-electron chi connectivity index (χ3n) is 2.08. The highest BCUT2D eigenvalue weighted by Gasteiger charge is 2.17. The van der Waals surface area contributed by atoms with Crippen LogP contribution in [0.2, 0.25) is 0 Å². The lowest BCUT2D eigenvalue weighted by Gasteiger charge is -2.08. The van der Waals surface area contributed by atoms with Gasteiger partial charge in [-0.3, -0.25) is 0 Å². The maximum Gasteiger partial charge on any atom is 0.241 e. The van der Waals surface area contributed by atoms with Crippen molar-refractivity contribution in [3.05, 3.63) is 27.1 Å². The lowest BCUT2D eigenvalue weighted by atomic mass is 10.4. The van der Waals surface area contributed by atoms with Gasteiger partial charge in [0.2, 0.25) is 10.0 Å². The lowest BCUT2D eigenvalue weighted by Crippen LogP contribution is -2.27. The molecule has 4 nitrogen and oxygen atoms in total. The number of sulfonamides is 1. The van der Waals surface area contributed by atoms with E-state index in [-0.39, 0.29) is 17.3 Å². The number of rotatable bonds is 6. The Kier molecular flexibility index (Phi) is 8.66. The fourth-order valence-corrected chi connectivity index (χ4v) is 3.81. The van der Waals surface area contributed by atoms with Crippen LogP contribution in [-0.4, -0.2) is 28.6 Å². The molecular formula is C10H15Br2ClN2O2S. The molecule has 0 amide bonds. The minimum absolute atomic E-state index is 0. The monoisotopic (exact) mass is 420 g/mol. The summed E-state index contributed by atoms with van der Waals surface area (Å²) in [6, 6.07) is 5.06. The molecule has 1 aromatic carbocycles. The summed E-state index contributed by atoms with van der Waals surface area (Å²) in [5.41, 5.74) is 0. The predicted molar refractivity (Wildman–Crippen MR) is 82.8 cm³/mol. The molecule has 0 unspecified atom stereocenters. The summed E-state index contributed by atoms with van der Waals surface area (Å²) in [6.07, 6.45) is 0.751. The third-order valence-corrected chi connectivity index (χ3v) is 5.03. The van der Waals surface area contributed by atoms with Gasteiger partial charge in [0, 0.05) is 15.5 Å². The topological polar surface area (TPSA) is 58.2 Å². The molecule has 0 heterocycles. The normalized spacial score (nSPS) is 11.1. The van der Waals surface area contributed by atoms with Crippen molar-refractivity contribution in [1.82, 2.24) is 10.0 Å². The second-order valence-electron chi connectivity index (χ2n) is 3.43. The average Bonchev–Trinajstić information content (AvgIpc) is 2.28. The van der Waals surface area contributed by atoms with Gasteiger partial charge in [-0.1, -0.05) is 15.9 Å². The zero-order valence-corrected chi connectivity index (χ0v) is 14.5. The number of benzene rings is 1. The molecule has 1 rings (SSSR count). The highest BCUT2D eigenvalue weighted by Crippen LogP contribution is 2.25. The van der Waals surface area contributed by atoms with E-state index in [9.17, 15) is 8.42 Å². The summed E-state index contributed by atoms with van der Waals surface area (Å²) < 4.78 is 27.8. The maximum atomic E-state index is 12.0. The zero-order chi connectivity index (χ0) is 12.9. The molecule has 8 heteroatoms. The Morgan fingerprint density at radius 2 is 1.89 bits per heavy atom. The largest absolute Gasteiger partial charge is 0.320 e. The summed E-state index contributed by atoms with van der Waals surface area (Å²) in [6.45, 7) is 1.20. The summed E-state index contributed by atoms with van der Waals surface area (Å²) in [4.78, 5) is 0.247. The molecule has 1 aromatic rings. The van der Waals surface area contributed by atoms with Gasteiger partial charge >= 0.3 is 0 Å².